The number of ketones is 1. The zero-order valence-corrected chi connectivity index (χ0v) is 16.6. The lowest BCUT2D eigenvalue weighted by atomic mass is 10.0. The van der Waals surface area contributed by atoms with Crippen molar-refractivity contribution in [2.75, 3.05) is 5.33 Å². The molecule has 0 amide bonds. The minimum atomic E-state index is 0.121. The molecule has 2 aromatic carbocycles. The lowest BCUT2D eigenvalue weighted by Crippen LogP contribution is -2.00. The van der Waals surface area contributed by atoms with Crippen LogP contribution in [0.15, 0.2) is 46.9 Å². The van der Waals surface area contributed by atoms with Crippen molar-refractivity contribution < 1.29 is 4.79 Å². The number of carbonyl (C=O) groups is 1. The largest absolute Gasteiger partial charge is 0.354 e. The van der Waals surface area contributed by atoms with Gasteiger partial charge in [0.25, 0.3) is 0 Å². The standard InChI is InChI=1S/C19H14Br2ClNO/c20-10-9-18(24)19-15-7-4-13(21)11-17(15)23-16(19)8-3-12-1-5-14(22)6-2-12/h1-8,11,23H,9-10H2/b8-3+. The van der Waals surface area contributed by atoms with Crippen molar-refractivity contribution in [3.8, 4) is 0 Å². The molecule has 0 aliphatic rings. The Kier molecular flexibility index (Phi) is 5.59. The maximum Gasteiger partial charge on any atom is 0.166 e. The van der Waals surface area contributed by atoms with Crippen LogP contribution in [-0.4, -0.2) is 16.1 Å². The van der Waals surface area contributed by atoms with Gasteiger partial charge in [0.2, 0.25) is 0 Å². The van der Waals surface area contributed by atoms with Crippen molar-refractivity contribution in [3.63, 3.8) is 0 Å². The number of hydrogen-bond acceptors (Lipinski definition) is 1. The second-order valence-electron chi connectivity index (χ2n) is 5.35. The molecule has 122 valence electrons. The lowest BCUT2D eigenvalue weighted by molar-refractivity contribution is 0.0991. The number of fused-ring (bicyclic) bond motifs is 1. The van der Waals surface area contributed by atoms with E-state index >= 15 is 0 Å². The number of halogens is 3. The van der Waals surface area contributed by atoms with E-state index in [1.165, 1.54) is 0 Å². The highest BCUT2D eigenvalue weighted by Gasteiger charge is 2.16. The summed E-state index contributed by atoms with van der Waals surface area (Å²) in [6, 6.07) is 13.5. The van der Waals surface area contributed by atoms with Crippen LogP contribution in [0.5, 0.6) is 0 Å². The number of aromatic amines is 1. The van der Waals surface area contributed by atoms with Gasteiger partial charge in [0, 0.05) is 32.1 Å². The first-order chi connectivity index (χ1) is 11.6. The molecule has 0 fully saturated rings. The van der Waals surface area contributed by atoms with Crippen LogP contribution in [0, 0.1) is 0 Å². The average Bonchev–Trinajstić information content (AvgIpc) is 2.92. The van der Waals surface area contributed by atoms with Crippen molar-refractivity contribution in [2.24, 2.45) is 0 Å². The maximum atomic E-state index is 12.6. The van der Waals surface area contributed by atoms with Gasteiger partial charge >= 0.3 is 0 Å². The molecule has 0 saturated carbocycles. The molecule has 0 aliphatic heterocycles. The van der Waals surface area contributed by atoms with Crippen molar-refractivity contribution in [3.05, 3.63) is 68.8 Å². The molecule has 3 aromatic rings. The second kappa shape index (κ2) is 7.68. The van der Waals surface area contributed by atoms with E-state index in [2.05, 4.69) is 36.8 Å². The Labute approximate surface area is 162 Å². The summed E-state index contributed by atoms with van der Waals surface area (Å²) >= 11 is 12.7. The van der Waals surface area contributed by atoms with Crippen molar-refractivity contribution >= 4 is 72.3 Å². The van der Waals surface area contributed by atoms with Crippen LogP contribution < -0.4 is 0 Å². The maximum absolute atomic E-state index is 12.6. The third-order valence-electron chi connectivity index (χ3n) is 3.70. The lowest BCUT2D eigenvalue weighted by Gasteiger charge is -2.00. The van der Waals surface area contributed by atoms with E-state index in [1.54, 1.807) is 0 Å². The normalized spacial score (nSPS) is 11.5. The van der Waals surface area contributed by atoms with Crippen molar-refractivity contribution in [1.29, 1.82) is 0 Å². The molecule has 1 heterocycles. The first kappa shape index (κ1) is 17.5. The predicted molar refractivity (Wildman–Crippen MR) is 109 cm³/mol. The van der Waals surface area contributed by atoms with Gasteiger partial charge in [0.15, 0.2) is 5.78 Å². The van der Waals surface area contributed by atoms with Crippen LogP contribution in [0.1, 0.15) is 28.0 Å². The minimum Gasteiger partial charge on any atom is -0.354 e. The van der Waals surface area contributed by atoms with Gasteiger partial charge in [-0.3, -0.25) is 4.79 Å². The molecule has 3 rings (SSSR count). The van der Waals surface area contributed by atoms with Crippen LogP contribution in [-0.2, 0) is 0 Å². The molecule has 2 nitrogen and oxygen atoms in total. The minimum absolute atomic E-state index is 0.121. The number of benzene rings is 2. The Bertz CT molecular complexity index is 913. The highest BCUT2D eigenvalue weighted by molar-refractivity contribution is 9.10. The fraction of sp³-hybridized carbons (Fsp3) is 0.105. The van der Waals surface area contributed by atoms with E-state index in [0.29, 0.717) is 16.8 Å². The SMILES string of the molecule is O=C(CCBr)c1c(/C=C/c2ccc(Cl)cc2)[nH]c2cc(Br)ccc12. The van der Waals surface area contributed by atoms with Crippen LogP contribution in [0.4, 0.5) is 0 Å². The Morgan fingerprint density at radius 2 is 1.88 bits per heavy atom. The first-order valence-electron chi connectivity index (χ1n) is 7.42. The van der Waals surface area contributed by atoms with E-state index in [9.17, 15) is 4.79 Å². The molecule has 1 N–H and O–H groups in total. The molecule has 0 bridgehead atoms. The third-order valence-corrected chi connectivity index (χ3v) is 4.84. The Hall–Kier alpha value is -1.36. The van der Waals surface area contributed by atoms with E-state index < -0.39 is 0 Å². The highest BCUT2D eigenvalue weighted by atomic mass is 79.9. The molecule has 0 radical (unpaired) electrons. The molecule has 1 aromatic heterocycles. The summed E-state index contributed by atoms with van der Waals surface area (Å²) in [6.07, 6.45) is 4.38. The molecule has 0 saturated heterocycles. The fourth-order valence-corrected chi connectivity index (χ4v) is 3.43. The average molecular weight is 468 g/mol. The molecule has 0 spiro atoms. The van der Waals surface area contributed by atoms with Crippen LogP contribution >= 0.6 is 43.5 Å². The van der Waals surface area contributed by atoms with E-state index in [4.69, 9.17) is 11.6 Å². The molecule has 0 unspecified atom stereocenters. The summed E-state index contributed by atoms with van der Waals surface area (Å²) in [7, 11) is 0. The van der Waals surface area contributed by atoms with Crippen LogP contribution in [0.25, 0.3) is 23.1 Å². The second-order valence-corrected chi connectivity index (χ2v) is 7.50. The summed E-state index contributed by atoms with van der Waals surface area (Å²) in [4.78, 5) is 15.9. The molecular weight excluding hydrogens is 453 g/mol. The summed E-state index contributed by atoms with van der Waals surface area (Å²) in [6.45, 7) is 0. The Morgan fingerprint density at radius 3 is 2.58 bits per heavy atom. The number of carbonyl (C=O) groups excluding carboxylic acids is 1. The number of rotatable bonds is 5. The van der Waals surface area contributed by atoms with E-state index in [-0.39, 0.29) is 5.78 Å². The zero-order valence-electron chi connectivity index (χ0n) is 12.7. The van der Waals surface area contributed by atoms with Gasteiger partial charge in [-0.2, -0.15) is 0 Å². The van der Waals surface area contributed by atoms with Crippen LogP contribution in [0.3, 0.4) is 0 Å². The summed E-state index contributed by atoms with van der Waals surface area (Å²) in [5.41, 5.74) is 3.53. The number of hydrogen-bond donors (Lipinski definition) is 1. The number of H-pyrrole nitrogens is 1. The number of aromatic nitrogens is 1. The van der Waals surface area contributed by atoms with Crippen molar-refractivity contribution in [2.45, 2.75) is 6.42 Å². The van der Waals surface area contributed by atoms with Gasteiger partial charge in [-0.1, -0.05) is 67.7 Å². The molecule has 0 atom stereocenters. The van der Waals surface area contributed by atoms with E-state index in [1.807, 2.05) is 54.6 Å². The Morgan fingerprint density at radius 1 is 1.12 bits per heavy atom. The fourth-order valence-electron chi connectivity index (χ4n) is 2.58. The third kappa shape index (κ3) is 3.82. The first-order valence-corrected chi connectivity index (χ1v) is 9.72. The predicted octanol–water partition coefficient (Wildman–Crippen LogP) is 6.72. The Balaban J connectivity index is 2.06. The number of Topliss-reactive ketones (excluding diaryl/α,β-unsaturated/α-hetero) is 1. The van der Waals surface area contributed by atoms with Gasteiger partial charge in [0.1, 0.15) is 0 Å². The van der Waals surface area contributed by atoms with Crippen LogP contribution in [0.2, 0.25) is 5.02 Å². The molecular formula is C19H14Br2ClNO. The monoisotopic (exact) mass is 465 g/mol. The van der Waals surface area contributed by atoms with Gasteiger partial charge in [-0.05, 0) is 35.9 Å². The van der Waals surface area contributed by atoms with E-state index in [0.717, 1.165) is 32.2 Å². The highest BCUT2D eigenvalue weighted by Crippen LogP contribution is 2.28. The van der Waals surface area contributed by atoms with Gasteiger partial charge in [0.05, 0.1) is 11.3 Å². The van der Waals surface area contributed by atoms with Crippen molar-refractivity contribution in [1.82, 2.24) is 4.98 Å². The number of nitrogens with one attached hydrogen (secondary N) is 1. The molecule has 24 heavy (non-hydrogen) atoms. The van der Waals surface area contributed by atoms with Gasteiger partial charge in [-0.25, -0.2) is 0 Å². The molecule has 5 heteroatoms. The van der Waals surface area contributed by atoms with Gasteiger partial charge < -0.3 is 4.98 Å². The van der Waals surface area contributed by atoms with Gasteiger partial charge in [-0.15, -0.1) is 0 Å². The molecule has 0 aliphatic carbocycles. The number of alkyl halides is 1. The quantitative estimate of drug-likeness (QED) is 0.328. The summed E-state index contributed by atoms with van der Waals surface area (Å²) in [5.74, 6) is 0.121. The topological polar surface area (TPSA) is 32.9 Å². The zero-order chi connectivity index (χ0) is 17.1. The summed E-state index contributed by atoms with van der Waals surface area (Å²) < 4.78 is 0.976. The summed E-state index contributed by atoms with van der Waals surface area (Å²) in [5, 5.41) is 2.30. The smallest absolute Gasteiger partial charge is 0.166 e.